The molecule has 4 rings (SSSR count). The third-order valence-corrected chi connectivity index (χ3v) is 7.57. The van der Waals surface area contributed by atoms with Gasteiger partial charge in [0.25, 0.3) is 0 Å². The van der Waals surface area contributed by atoms with Gasteiger partial charge in [0.05, 0.1) is 24.7 Å². The number of hydrogen-bond acceptors (Lipinski definition) is 7. The van der Waals surface area contributed by atoms with Crippen molar-refractivity contribution >= 4 is 17.7 Å². The van der Waals surface area contributed by atoms with Crippen molar-refractivity contribution in [3.8, 4) is 0 Å². The summed E-state index contributed by atoms with van der Waals surface area (Å²) in [6.45, 7) is 8.90. The summed E-state index contributed by atoms with van der Waals surface area (Å²) >= 11 is 0. The van der Waals surface area contributed by atoms with Crippen molar-refractivity contribution in [3.05, 3.63) is 41.5 Å². The standard InChI is InChI=1S/C27H39N3O6/c1-16(2)6-11-21-26(4,36-21)23-22(33-5)20(12-13-27(23)15-34-27)35-25(32)29-14-18-7-9-19(10-8-18)30-24(31)17(3)28/h6-10,17,20-23H,11-15,28H2,1-5H3,(H,29,32)(H,30,31)/t17-,20+,21+,22+,23+,26-,27-/m0/s1. The molecule has 9 nitrogen and oxygen atoms in total. The van der Waals surface area contributed by atoms with E-state index in [-0.39, 0.29) is 35.2 Å². The number of amides is 2. The number of rotatable bonds is 9. The minimum absolute atomic E-state index is 0.0175. The van der Waals surface area contributed by atoms with Crippen LogP contribution in [0.1, 0.15) is 52.5 Å². The zero-order valence-corrected chi connectivity index (χ0v) is 21.8. The fourth-order valence-corrected chi connectivity index (χ4v) is 5.39. The number of alkyl carbamates (subject to hydrolysis) is 1. The highest BCUT2D eigenvalue weighted by molar-refractivity contribution is 5.94. The summed E-state index contributed by atoms with van der Waals surface area (Å²) in [6, 6.07) is 6.61. The van der Waals surface area contributed by atoms with Gasteiger partial charge in [-0.25, -0.2) is 4.79 Å². The predicted molar refractivity (Wildman–Crippen MR) is 135 cm³/mol. The average Bonchev–Trinajstić information content (AvgIpc) is 3.75. The molecular formula is C27H39N3O6. The van der Waals surface area contributed by atoms with Crippen LogP contribution >= 0.6 is 0 Å². The normalized spacial score (nSPS) is 33.4. The first kappa shape index (κ1) is 26.6. The average molecular weight is 502 g/mol. The maximum absolute atomic E-state index is 12.7. The molecule has 7 atom stereocenters. The van der Waals surface area contributed by atoms with Crippen molar-refractivity contribution in [1.29, 1.82) is 0 Å². The second kappa shape index (κ2) is 10.5. The SMILES string of the molecule is CO[C@@H]1[C@H](OC(=O)NCc2ccc(NC(=O)[C@H](C)N)cc2)CC[C@]2(CO2)[C@H]1[C@@]1(C)O[C@@H]1CC=C(C)C. The molecule has 1 aliphatic carbocycles. The van der Waals surface area contributed by atoms with Crippen LogP contribution in [0.15, 0.2) is 35.9 Å². The van der Waals surface area contributed by atoms with E-state index >= 15 is 0 Å². The van der Waals surface area contributed by atoms with Crippen LogP contribution in [0.25, 0.3) is 0 Å². The number of allylic oxidation sites excluding steroid dienone is 1. The van der Waals surface area contributed by atoms with Crippen LogP contribution in [-0.2, 0) is 30.3 Å². The molecule has 36 heavy (non-hydrogen) atoms. The second-order valence-corrected chi connectivity index (χ2v) is 10.6. The smallest absolute Gasteiger partial charge is 0.407 e. The van der Waals surface area contributed by atoms with Gasteiger partial charge >= 0.3 is 6.09 Å². The van der Waals surface area contributed by atoms with E-state index in [4.69, 9.17) is 24.7 Å². The maximum atomic E-state index is 12.7. The van der Waals surface area contributed by atoms with Crippen molar-refractivity contribution in [2.24, 2.45) is 11.7 Å². The molecule has 198 valence electrons. The summed E-state index contributed by atoms with van der Waals surface area (Å²) < 4.78 is 24.0. The van der Waals surface area contributed by atoms with Gasteiger partial charge < -0.3 is 35.3 Å². The summed E-state index contributed by atoms with van der Waals surface area (Å²) in [5.74, 6) is -0.272. The summed E-state index contributed by atoms with van der Waals surface area (Å²) in [5, 5.41) is 5.56. The number of nitrogens with two attached hydrogens (primary N) is 1. The van der Waals surface area contributed by atoms with Crippen molar-refractivity contribution in [1.82, 2.24) is 5.32 Å². The molecular weight excluding hydrogens is 462 g/mol. The van der Waals surface area contributed by atoms with Crippen molar-refractivity contribution in [3.63, 3.8) is 0 Å². The predicted octanol–water partition coefficient (Wildman–Crippen LogP) is 3.27. The lowest BCUT2D eigenvalue weighted by atomic mass is 9.68. The maximum Gasteiger partial charge on any atom is 0.407 e. The van der Waals surface area contributed by atoms with E-state index in [9.17, 15) is 9.59 Å². The van der Waals surface area contributed by atoms with E-state index in [1.54, 1.807) is 26.2 Å². The number of nitrogens with one attached hydrogen (secondary N) is 2. The van der Waals surface area contributed by atoms with Gasteiger partial charge in [-0.1, -0.05) is 23.8 Å². The van der Waals surface area contributed by atoms with Crippen LogP contribution in [0.4, 0.5) is 10.5 Å². The molecule has 3 aliphatic rings. The Morgan fingerprint density at radius 1 is 1.28 bits per heavy atom. The van der Waals surface area contributed by atoms with Crippen molar-refractivity contribution in [2.75, 3.05) is 19.0 Å². The van der Waals surface area contributed by atoms with Gasteiger partial charge in [0.15, 0.2) is 0 Å². The third-order valence-electron chi connectivity index (χ3n) is 7.57. The largest absolute Gasteiger partial charge is 0.443 e. The van der Waals surface area contributed by atoms with Gasteiger partial charge in [-0.3, -0.25) is 4.79 Å². The number of hydrogen-bond donors (Lipinski definition) is 3. The molecule has 1 aromatic carbocycles. The van der Waals surface area contributed by atoms with Crippen LogP contribution in [0, 0.1) is 5.92 Å². The molecule has 1 aromatic rings. The molecule has 9 heteroatoms. The Labute approximate surface area is 213 Å². The monoisotopic (exact) mass is 501 g/mol. The minimum atomic E-state index is -0.588. The van der Waals surface area contributed by atoms with E-state index < -0.39 is 18.2 Å². The van der Waals surface area contributed by atoms with Gasteiger partial charge in [-0.2, -0.15) is 0 Å². The molecule has 0 aromatic heterocycles. The molecule has 2 heterocycles. The Bertz CT molecular complexity index is 986. The summed E-state index contributed by atoms with van der Waals surface area (Å²) in [4.78, 5) is 24.4. The first-order valence-electron chi connectivity index (χ1n) is 12.7. The highest BCUT2D eigenvalue weighted by Crippen LogP contribution is 2.59. The van der Waals surface area contributed by atoms with Gasteiger partial charge in [0.1, 0.15) is 23.4 Å². The fraction of sp³-hybridized carbons (Fsp3) is 0.630. The molecule has 0 unspecified atom stereocenters. The molecule has 0 bridgehead atoms. The highest BCUT2D eigenvalue weighted by atomic mass is 16.6. The Kier molecular flexibility index (Phi) is 7.75. The van der Waals surface area contributed by atoms with Crippen LogP contribution in [0.2, 0.25) is 0 Å². The Balaban J connectivity index is 1.33. The highest BCUT2D eigenvalue weighted by Gasteiger charge is 2.72. The molecule has 1 spiro atoms. The molecule has 2 saturated heterocycles. The lowest BCUT2D eigenvalue weighted by Crippen LogP contribution is -2.56. The molecule has 1 saturated carbocycles. The fourth-order valence-electron chi connectivity index (χ4n) is 5.39. The molecule has 0 radical (unpaired) electrons. The van der Waals surface area contributed by atoms with Crippen LogP contribution in [-0.4, -0.2) is 61.3 Å². The minimum Gasteiger partial charge on any atom is -0.443 e. The molecule has 4 N–H and O–H groups in total. The molecule has 3 fully saturated rings. The Hall–Kier alpha value is -2.46. The number of carbonyl (C=O) groups is 2. The van der Waals surface area contributed by atoms with Gasteiger partial charge in [0.2, 0.25) is 5.91 Å². The third kappa shape index (κ3) is 5.75. The zero-order valence-electron chi connectivity index (χ0n) is 21.8. The summed E-state index contributed by atoms with van der Waals surface area (Å²) in [6.07, 6.45) is 3.42. The van der Waals surface area contributed by atoms with Gasteiger partial charge in [0, 0.05) is 19.3 Å². The lowest BCUT2D eigenvalue weighted by molar-refractivity contribution is -0.118. The van der Waals surface area contributed by atoms with E-state index in [2.05, 4.69) is 37.5 Å². The quantitative estimate of drug-likeness (QED) is 0.350. The van der Waals surface area contributed by atoms with E-state index in [1.165, 1.54) is 5.57 Å². The molecule has 2 amide bonds. The number of methoxy groups -OCH3 is 1. The summed E-state index contributed by atoms with van der Waals surface area (Å²) in [7, 11) is 1.66. The second-order valence-electron chi connectivity index (χ2n) is 10.6. The first-order valence-corrected chi connectivity index (χ1v) is 12.7. The van der Waals surface area contributed by atoms with E-state index in [0.717, 1.165) is 18.4 Å². The topological polar surface area (TPSA) is 128 Å². The molecule has 2 aliphatic heterocycles. The number of epoxide rings is 2. The number of anilines is 1. The van der Waals surface area contributed by atoms with Crippen molar-refractivity contribution in [2.45, 2.75) is 89.1 Å². The van der Waals surface area contributed by atoms with Crippen LogP contribution in [0.5, 0.6) is 0 Å². The zero-order chi connectivity index (χ0) is 26.1. The first-order chi connectivity index (χ1) is 17.1. The Morgan fingerprint density at radius 3 is 2.56 bits per heavy atom. The summed E-state index contributed by atoms with van der Waals surface area (Å²) in [5.41, 5.74) is 7.73. The van der Waals surface area contributed by atoms with Gasteiger partial charge in [-0.05, 0) is 64.7 Å². The van der Waals surface area contributed by atoms with Crippen molar-refractivity contribution < 1.29 is 28.5 Å². The van der Waals surface area contributed by atoms with E-state index in [0.29, 0.717) is 25.3 Å². The number of carbonyl (C=O) groups excluding carboxylic acids is 2. The van der Waals surface area contributed by atoms with E-state index in [1.807, 2.05) is 12.1 Å². The van der Waals surface area contributed by atoms with Gasteiger partial charge in [-0.15, -0.1) is 0 Å². The lowest BCUT2D eigenvalue weighted by Gasteiger charge is -2.42. The van der Waals surface area contributed by atoms with Crippen LogP contribution < -0.4 is 16.4 Å². The number of ether oxygens (including phenoxy) is 4. The number of benzene rings is 1. The van der Waals surface area contributed by atoms with Crippen LogP contribution in [0.3, 0.4) is 0 Å². The Morgan fingerprint density at radius 2 is 1.97 bits per heavy atom.